The van der Waals surface area contributed by atoms with Crippen LogP contribution in [0.4, 0.5) is 0 Å². The lowest BCUT2D eigenvalue weighted by Crippen LogP contribution is -2.44. The van der Waals surface area contributed by atoms with Gasteiger partial charge in [-0.15, -0.1) is 0 Å². The number of methoxy groups -OCH3 is 1. The Morgan fingerprint density at radius 3 is 2.91 bits per heavy atom. The number of ether oxygens (including phenoxy) is 1. The van der Waals surface area contributed by atoms with Crippen molar-refractivity contribution in [1.82, 2.24) is 5.32 Å². The summed E-state index contributed by atoms with van der Waals surface area (Å²) >= 11 is 0. The predicted octanol–water partition coefficient (Wildman–Crippen LogP) is 2.23. The maximum atomic E-state index is 12.2. The van der Waals surface area contributed by atoms with Gasteiger partial charge in [0, 0.05) is 30.2 Å². The van der Waals surface area contributed by atoms with E-state index in [0.29, 0.717) is 11.8 Å². The van der Waals surface area contributed by atoms with Crippen LogP contribution in [0.3, 0.4) is 0 Å². The smallest absolute Gasteiger partial charge is 0.244 e. The third-order valence-corrected chi connectivity index (χ3v) is 5.16. The third kappa shape index (κ3) is 2.88. The summed E-state index contributed by atoms with van der Waals surface area (Å²) in [7, 11) is 1.62. The van der Waals surface area contributed by atoms with Gasteiger partial charge in [0.05, 0.1) is 7.11 Å². The SMILES string of the molecule is COc1ccccc1/C=C/C(=O)NC1C2CCC(C2)C1CO. The Balaban J connectivity index is 1.64. The number of nitrogens with one attached hydrogen (secondary N) is 1. The second-order valence-electron chi connectivity index (χ2n) is 6.29. The minimum Gasteiger partial charge on any atom is -0.496 e. The van der Waals surface area contributed by atoms with Crippen LogP contribution in [-0.4, -0.2) is 30.8 Å². The fourth-order valence-electron chi connectivity index (χ4n) is 4.08. The lowest BCUT2D eigenvalue weighted by Gasteiger charge is -2.30. The van der Waals surface area contributed by atoms with E-state index in [0.717, 1.165) is 17.7 Å². The molecule has 4 nitrogen and oxygen atoms in total. The zero-order valence-corrected chi connectivity index (χ0v) is 12.9. The average molecular weight is 301 g/mol. The van der Waals surface area contributed by atoms with Crippen LogP contribution >= 0.6 is 0 Å². The number of benzene rings is 1. The number of rotatable bonds is 5. The van der Waals surface area contributed by atoms with Gasteiger partial charge in [-0.3, -0.25) is 4.79 Å². The van der Waals surface area contributed by atoms with Crippen molar-refractivity contribution in [2.45, 2.75) is 25.3 Å². The van der Waals surface area contributed by atoms with Gasteiger partial charge in [0.25, 0.3) is 0 Å². The molecule has 118 valence electrons. The van der Waals surface area contributed by atoms with Gasteiger partial charge in [-0.1, -0.05) is 18.2 Å². The van der Waals surface area contributed by atoms with Crippen LogP contribution in [-0.2, 0) is 4.79 Å². The first-order chi connectivity index (χ1) is 10.7. The van der Waals surface area contributed by atoms with Gasteiger partial charge < -0.3 is 15.2 Å². The highest BCUT2D eigenvalue weighted by atomic mass is 16.5. The number of amides is 1. The van der Waals surface area contributed by atoms with E-state index in [-0.39, 0.29) is 24.5 Å². The number of hydrogen-bond donors (Lipinski definition) is 2. The zero-order valence-electron chi connectivity index (χ0n) is 12.9. The van der Waals surface area contributed by atoms with E-state index in [1.807, 2.05) is 24.3 Å². The molecule has 0 spiro atoms. The zero-order chi connectivity index (χ0) is 15.5. The Kier molecular flexibility index (Phi) is 4.48. The summed E-state index contributed by atoms with van der Waals surface area (Å²) in [4.78, 5) is 12.2. The minimum absolute atomic E-state index is 0.0955. The summed E-state index contributed by atoms with van der Waals surface area (Å²) in [5.74, 6) is 1.99. The Hall–Kier alpha value is -1.81. The standard InChI is InChI=1S/C18H23NO3/c1-22-16-5-3-2-4-12(16)8-9-17(21)19-18-14-7-6-13(10-14)15(18)11-20/h2-5,8-9,13-15,18,20H,6-7,10-11H2,1H3,(H,19,21)/b9-8+. The highest BCUT2D eigenvalue weighted by Crippen LogP contribution is 2.48. The Morgan fingerprint density at radius 2 is 2.14 bits per heavy atom. The quantitative estimate of drug-likeness (QED) is 0.820. The van der Waals surface area contributed by atoms with Gasteiger partial charge in [0.15, 0.2) is 0 Å². The summed E-state index contributed by atoms with van der Waals surface area (Å²) in [5.41, 5.74) is 0.881. The van der Waals surface area contributed by atoms with Crippen LogP contribution in [0.5, 0.6) is 5.75 Å². The number of carbonyl (C=O) groups is 1. The molecule has 4 unspecified atom stereocenters. The Bertz CT molecular complexity index is 569. The van der Waals surface area contributed by atoms with Gasteiger partial charge in [-0.05, 0) is 43.2 Å². The van der Waals surface area contributed by atoms with E-state index in [1.54, 1.807) is 19.3 Å². The van der Waals surface area contributed by atoms with E-state index >= 15 is 0 Å². The Morgan fingerprint density at radius 1 is 1.36 bits per heavy atom. The largest absolute Gasteiger partial charge is 0.496 e. The monoisotopic (exact) mass is 301 g/mol. The summed E-state index contributed by atoms with van der Waals surface area (Å²) in [6.45, 7) is 0.169. The van der Waals surface area contributed by atoms with E-state index in [4.69, 9.17) is 4.74 Å². The molecule has 0 aromatic heterocycles. The fraction of sp³-hybridized carbons (Fsp3) is 0.500. The van der Waals surface area contributed by atoms with Crippen molar-refractivity contribution in [1.29, 1.82) is 0 Å². The second kappa shape index (κ2) is 6.53. The van der Waals surface area contributed by atoms with Crippen molar-refractivity contribution in [2.75, 3.05) is 13.7 Å². The number of aliphatic hydroxyl groups is 1. The summed E-state index contributed by atoms with van der Waals surface area (Å²) < 4.78 is 5.27. The lowest BCUT2D eigenvalue weighted by molar-refractivity contribution is -0.117. The predicted molar refractivity (Wildman–Crippen MR) is 85.4 cm³/mol. The first kappa shape index (κ1) is 15.1. The average Bonchev–Trinajstić information content (AvgIpc) is 3.14. The number of aliphatic hydroxyl groups excluding tert-OH is 1. The van der Waals surface area contributed by atoms with Crippen LogP contribution in [0.2, 0.25) is 0 Å². The molecule has 2 saturated carbocycles. The molecule has 2 N–H and O–H groups in total. The van der Waals surface area contributed by atoms with Crippen LogP contribution in [0.1, 0.15) is 24.8 Å². The molecule has 1 aromatic carbocycles. The van der Waals surface area contributed by atoms with E-state index in [1.165, 1.54) is 12.8 Å². The maximum Gasteiger partial charge on any atom is 0.244 e. The van der Waals surface area contributed by atoms with Crippen LogP contribution in [0.25, 0.3) is 6.08 Å². The molecule has 2 aliphatic rings. The highest BCUT2D eigenvalue weighted by molar-refractivity contribution is 5.92. The van der Waals surface area contributed by atoms with Crippen molar-refractivity contribution in [2.24, 2.45) is 17.8 Å². The molecular weight excluding hydrogens is 278 g/mol. The molecule has 0 heterocycles. The van der Waals surface area contributed by atoms with E-state index < -0.39 is 0 Å². The molecule has 1 amide bonds. The normalized spacial score (nSPS) is 29.9. The molecule has 22 heavy (non-hydrogen) atoms. The minimum atomic E-state index is -0.0955. The van der Waals surface area contributed by atoms with Crippen LogP contribution in [0, 0.1) is 17.8 Å². The highest BCUT2D eigenvalue weighted by Gasteiger charge is 2.47. The molecular formula is C18H23NO3. The van der Waals surface area contributed by atoms with Crippen molar-refractivity contribution in [3.63, 3.8) is 0 Å². The number of hydrogen-bond acceptors (Lipinski definition) is 3. The maximum absolute atomic E-state index is 12.2. The van der Waals surface area contributed by atoms with Gasteiger partial charge in [0.2, 0.25) is 5.91 Å². The molecule has 1 aromatic rings. The van der Waals surface area contributed by atoms with Crippen LogP contribution < -0.4 is 10.1 Å². The molecule has 0 aliphatic heterocycles. The number of fused-ring (bicyclic) bond motifs is 2. The topological polar surface area (TPSA) is 58.6 Å². The lowest BCUT2D eigenvalue weighted by atomic mass is 9.85. The fourth-order valence-corrected chi connectivity index (χ4v) is 4.08. The van der Waals surface area contributed by atoms with Gasteiger partial charge in [0.1, 0.15) is 5.75 Å². The first-order valence-corrected chi connectivity index (χ1v) is 7.95. The first-order valence-electron chi connectivity index (χ1n) is 7.95. The summed E-state index contributed by atoms with van der Waals surface area (Å²) in [5, 5.41) is 12.7. The van der Waals surface area contributed by atoms with Gasteiger partial charge in [-0.2, -0.15) is 0 Å². The van der Waals surface area contributed by atoms with E-state index in [2.05, 4.69) is 5.32 Å². The molecule has 4 heteroatoms. The molecule has 2 aliphatic carbocycles. The van der Waals surface area contributed by atoms with Gasteiger partial charge in [-0.25, -0.2) is 0 Å². The molecule has 2 fully saturated rings. The van der Waals surface area contributed by atoms with Crippen molar-refractivity contribution in [3.05, 3.63) is 35.9 Å². The van der Waals surface area contributed by atoms with Crippen molar-refractivity contribution < 1.29 is 14.6 Å². The van der Waals surface area contributed by atoms with Gasteiger partial charge >= 0.3 is 0 Å². The third-order valence-electron chi connectivity index (χ3n) is 5.16. The molecule has 3 rings (SSSR count). The molecule has 2 bridgehead atoms. The molecule has 4 atom stereocenters. The number of para-hydroxylation sites is 1. The molecule has 0 saturated heterocycles. The second-order valence-corrected chi connectivity index (χ2v) is 6.29. The Labute approximate surface area is 131 Å². The van der Waals surface area contributed by atoms with Crippen LogP contribution in [0.15, 0.2) is 30.3 Å². The van der Waals surface area contributed by atoms with Crippen molar-refractivity contribution in [3.8, 4) is 5.75 Å². The molecule has 0 radical (unpaired) electrons. The summed E-state index contributed by atoms with van der Waals surface area (Å²) in [6.07, 6.45) is 6.83. The van der Waals surface area contributed by atoms with E-state index in [9.17, 15) is 9.90 Å². The number of carbonyl (C=O) groups excluding carboxylic acids is 1. The van der Waals surface area contributed by atoms with Crippen molar-refractivity contribution >= 4 is 12.0 Å². The summed E-state index contributed by atoms with van der Waals surface area (Å²) in [6, 6.07) is 7.72.